The largest absolute Gasteiger partial charge is 0.384 e. The summed E-state index contributed by atoms with van der Waals surface area (Å²) in [5.74, 6) is 0.569. The highest BCUT2D eigenvalue weighted by atomic mass is 15.3. The summed E-state index contributed by atoms with van der Waals surface area (Å²) in [6.45, 7) is 5.27. The van der Waals surface area contributed by atoms with E-state index >= 15 is 0 Å². The topological polar surface area (TPSA) is 69.2 Å². The number of nitriles is 1. The molecule has 2 aliphatic rings. The summed E-state index contributed by atoms with van der Waals surface area (Å²) in [6, 6.07) is 6.24. The van der Waals surface area contributed by atoms with Crippen LogP contribution in [0.4, 0.5) is 11.5 Å². The van der Waals surface area contributed by atoms with Crippen LogP contribution in [0.5, 0.6) is 0 Å². The summed E-state index contributed by atoms with van der Waals surface area (Å²) in [4.78, 5) is 9.01. The third-order valence-corrected chi connectivity index (χ3v) is 4.48. The van der Waals surface area contributed by atoms with Crippen molar-refractivity contribution >= 4 is 11.5 Å². The third kappa shape index (κ3) is 2.86. The minimum atomic E-state index is 0.319. The van der Waals surface area contributed by atoms with Crippen molar-refractivity contribution < 1.29 is 0 Å². The highest BCUT2D eigenvalue weighted by molar-refractivity contribution is 5.48. The Morgan fingerprint density at radius 3 is 2.55 bits per heavy atom. The summed E-state index contributed by atoms with van der Waals surface area (Å²) in [5.41, 5.74) is 7.09. The van der Waals surface area contributed by atoms with Gasteiger partial charge in [0.1, 0.15) is 5.82 Å². The van der Waals surface area contributed by atoms with Gasteiger partial charge >= 0.3 is 0 Å². The van der Waals surface area contributed by atoms with Gasteiger partial charge in [-0.15, -0.1) is 0 Å². The van der Waals surface area contributed by atoms with Crippen LogP contribution in [-0.4, -0.2) is 42.6 Å². The first-order chi connectivity index (χ1) is 9.71. The van der Waals surface area contributed by atoms with Crippen molar-refractivity contribution in [3.8, 4) is 6.07 Å². The molecule has 0 amide bonds. The zero-order chi connectivity index (χ0) is 14.0. The number of rotatable bonds is 4. The summed E-state index contributed by atoms with van der Waals surface area (Å²) in [6.07, 6.45) is 5.02. The summed E-state index contributed by atoms with van der Waals surface area (Å²) in [5, 5.41) is 8.89. The minimum Gasteiger partial charge on any atom is -0.384 e. The van der Waals surface area contributed by atoms with Gasteiger partial charge in [0.25, 0.3) is 0 Å². The van der Waals surface area contributed by atoms with Gasteiger partial charge in [-0.25, -0.2) is 4.98 Å². The molecule has 106 valence electrons. The molecule has 0 spiro atoms. The van der Waals surface area contributed by atoms with E-state index in [0.29, 0.717) is 11.2 Å². The zero-order valence-electron chi connectivity index (χ0n) is 11.8. The lowest BCUT2D eigenvalue weighted by molar-refractivity contribution is 0.209. The van der Waals surface area contributed by atoms with E-state index in [9.17, 15) is 0 Å². The molecule has 5 nitrogen and oxygen atoms in total. The predicted molar refractivity (Wildman–Crippen MR) is 79.2 cm³/mol. The molecule has 0 atom stereocenters. The van der Waals surface area contributed by atoms with Gasteiger partial charge in [-0.3, -0.25) is 4.90 Å². The van der Waals surface area contributed by atoms with Crippen molar-refractivity contribution in [3.05, 3.63) is 18.3 Å². The number of hydrogen-bond acceptors (Lipinski definition) is 5. The van der Waals surface area contributed by atoms with Crippen molar-refractivity contribution in [1.29, 1.82) is 5.26 Å². The molecule has 1 saturated heterocycles. The Labute approximate surface area is 120 Å². The average molecular weight is 271 g/mol. The highest BCUT2D eigenvalue weighted by Crippen LogP contribution is 2.49. The maximum Gasteiger partial charge on any atom is 0.123 e. The maximum absolute atomic E-state index is 8.89. The Morgan fingerprint density at radius 1 is 1.25 bits per heavy atom. The molecule has 0 radical (unpaired) electrons. The minimum absolute atomic E-state index is 0.319. The smallest absolute Gasteiger partial charge is 0.123 e. The number of nitrogens with zero attached hydrogens (tertiary/aromatic N) is 4. The van der Waals surface area contributed by atoms with Gasteiger partial charge in [-0.1, -0.05) is 0 Å². The van der Waals surface area contributed by atoms with Crippen LogP contribution in [0.25, 0.3) is 0 Å². The van der Waals surface area contributed by atoms with Crippen LogP contribution in [0.15, 0.2) is 18.3 Å². The van der Waals surface area contributed by atoms with Crippen LogP contribution in [-0.2, 0) is 0 Å². The number of aromatic nitrogens is 1. The van der Waals surface area contributed by atoms with Crippen LogP contribution < -0.4 is 10.6 Å². The van der Waals surface area contributed by atoms with Gasteiger partial charge in [0.2, 0.25) is 0 Å². The first-order valence-corrected chi connectivity index (χ1v) is 7.27. The number of pyridine rings is 1. The Hall–Kier alpha value is -1.80. The van der Waals surface area contributed by atoms with Gasteiger partial charge in [0.05, 0.1) is 18.0 Å². The fourth-order valence-corrected chi connectivity index (χ4v) is 2.96. The predicted octanol–water partition coefficient (Wildman–Crippen LogP) is 1.48. The number of nitrogens with two attached hydrogens (primary N) is 1. The van der Waals surface area contributed by atoms with Crippen molar-refractivity contribution in [3.63, 3.8) is 0 Å². The number of nitrogen functional groups attached to an aromatic ring is 1. The van der Waals surface area contributed by atoms with E-state index in [0.717, 1.165) is 44.8 Å². The fourth-order valence-electron chi connectivity index (χ4n) is 2.96. The van der Waals surface area contributed by atoms with E-state index in [2.05, 4.69) is 20.9 Å². The van der Waals surface area contributed by atoms with E-state index in [1.54, 1.807) is 0 Å². The van der Waals surface area contributed by atoms with Gasteiger partial charge in [0.15, 0.2) is 0 Å². The monoisotopic (exact) mass is 271 g/mol. The Bertz CT molecular complexity index is 492. The van der Waals surface area contributed by atoms with Crippen molar-refractivity contribution in [1.82, 2.24) is 9.88 Å². The third-order valence-electron chi connectivity index (χ3n) is 4.48. The molecule has 1 aliphatic carbocycles. The molecular formula is C15H21N5. The van der Waals surface area contributed by atoms with Gasteiger partial charge in [0, 0.05) is 39.1 Å². The second-order valence-corrected chi connectivity index (χ2v) is 6.04. The summed E-state index contributed by atoms with van der Waals surface area (Å²) in [7, 11) is 0. The van der Waals surface area contributed by atoms with Crippen LogP contribution in [0, 0.1) is 16.7 Å². The van der Waals surface area contributed by atoms with E-state index < -0.39 is 0 Å². The number of piperazine rings is 1. The first kappa shape index (κ1) is 13.2. The standard InChI is InChI=1S/C15H21N5/c16-6-5-15(3-4-15)12-19-7-9-20(10-8-19)13-1-2-14(17)18-11-13/h1-2,11H,3-5,7-10,12H2,(H2,17,18). The molecule has 0 unspecified atom stereocenters. The van der Waals surface area contributed by atoms with Crippen molar-refractivity contribution in [2.75, 3.05) is 43.4 Å². The van der Waals surface area contributed by atoms with Crippen molar-refractivity contribution in [2.45, 2.75) is 19.3 Å². The quantitative estimate of drug-likeness (QED) is 0.898. The molecule has 1 aromatic rings. The molecule has 5 heteroatoms. The molecule has 0 bridgehead atoms. The molecule has 1 aliphatic heterocycles. The van der Waals surface area contributed by atoms with E-state index in [4.69, 9.17) is 11.0 Å². The first-order valence-electron chi connectivity index (χ1n) is 7.27. The van der Waals surface area contributed by atoms with Gasteiger partial charge in [-0.05, 0) is 30.4 Å². The molecule has 2 heterocycles. The van der Waals surface area contributed by atoms with Crippen LogP contribution in [0.1, 0.15) is 19.3 Å². The molecule has 20 heavy (non-hydrogen) atoms. The van der Waals surface area contributed by atoms with Gasteiger partial charge < -0.3 is 10.6 Å². The van der Waals surface area contributed by atoms with Crippen LogP contribution in [0.2, 0.25) is 0 Å². The SMILES string of the molecule is N#CCC1(CN2CCN(c3ccc(N)nc3)CC2)CC1. The Morgan fingerprint density at radius 2 is 2.00 bits per heavy atom. The van der Waals surface area contributed by atoms with Gasteiger partial charge in [-0.2, -0.15) is 5.26 Å². The second kappa shape index (κ2) is 5.29. The molecule has 2 fully saturated rings. The molecular weight excluding hydrogens is 250 g/mol. The van der Waals surface area contributed by atoms with Crippen LogP contribution in [0.3, 0.4) is 0 Å². The summed E-state index contributed by atoms with van der Waals surface area (Å²) >= 11 is 0. The Balaban J connectivity index is 1.52. The van der Waals surface area contributed by atoms with E-state index in [1.165, 1.54) is 12.8 Å². The zero-order valence-corrected chi connectivity index (χ0v) is 11.8. The van der Waals surface area contributed by atoms with Crippen LogP contribution >= 0.6 is 0 Å². The lowest BCUT2D eigenvalue weighted by Gasteiger charge is -2.37. The van der Waals surface area contributed by atoms with E-state index in [-0.39, 0.29) is 0 Å². The lowest BCUT2D eigenvalue weighted by atomic mass is 10.0. The molecule has 3 rings (SSSR count). The Kier molecular flexibility index (Phi) is 3.49. The highest BCUT2D eigenvalue weighted by Gasteiger charge is 2.43. The maximum atomic E-state index is 8.89. The molecule has 1 saturated carbocycles. The molecule has 2 N–H and O–H groups in total. The average Bonchev–Trinajstić information content (AvgIpc) is 3.21. The van der Waals surface area contributed by atoms with E-state index in [1.807, 2.05) is 18.3 Å². The normalized spacial score (nSPS) is 21.4. The fraction of sp³-hybridized carbons (Fsp3) is 0.600. The molecule has 0 aromatic carbocycles. The number of anilines is 2. The lowest BCUT2D eigenvalue weighted by Crippen LogP contribution is -2.48. The number of hydrogen-bond donors (Lipinski definition) is 1. The molecule has 1 aromatic heterocycles. The van der Waals surface area contributed by atoms with Crippen molar-refractivity contribution in [2.24, 2.45) is 5.41 Å². The second-order valence-electron chi connectivity index (χ2n) is 6.04. The summed E-state index contributed by atoms with van der Waals surface area (Å²) < 4.78 is 0.